The molecule has 5 heteroatoms. The fourth-order valence-corrected chi connectivity index (χ4v) is 3.64. The number of furan rings is 1. The fourth-order valence-electron chi connectivity index (χ4n) is 3.64. The Morgan fingerprint density at radius 3 is 2.16 bits per heavy atom. The number of esters is 1. The summed E-state index contributed by atoms with van der Waals surface area (Å²) < 4.78 is 16.6. The van der Waals surface area contributed by atoms with E-state index < -0.39 is 11.8 Å². The number of rotatable bonds is 7. The van der Waals surface area contributed by atoms with Crippen LogP contribution in [-0.4, -0.2) is 25.5 Å². The van der Waals surface area contributed by atoms with Crippen molar-refractivity contribution in [2.24, 2.45) is 0 Å². The van der Waals surface area contributed by atoms with Crippen molar-refractivity contribution in [3.8, 4) is 28.2 Å². The molecule has 31 heavy (non-hydrogen) atoms. The first-order valence-electron chi connectivity index (χ1n) is 10.1. The molecular formula is C26H22O5. The van der Waals surface area contributed by atoms with Crippen molar-refractivity contribution in [2.45, 2.75) is 13.3 Å². The number of carbonyl (C=O) groups is 2. The molecule has 4 aromatic rings. The molecule has 0 N–H and O–H groups in total. The smallest absolute Gasteiger partial charge is 0.374 e. The van der Waals surface area contributed by atoms with Gasteiger partial charge in [0.2, 0.25) is 5.78 Å². The minimum atomic E-state index is -0.842. The summed E-state index contributed by atoms with van der Waals surface area (Å²) in [5.41, 5.74) is 4.11. The Morgan fingerprint density at radius 2 is 1.55 bits per heavy atom. The van der Waals surface area contributed by atoms with Crippen LogP contribution in [0.1, 0.15) is 12.5 Å². The van der Waals surface area contributed by atoms with E-state index >= 15 is 0 Å². The highest BCUT2D eigenvalue weighted by Crippen LogP contribution is 2.42. The first-order valence-corrected chi connectivity index (χ1v) is 10.1. The maximum Gasteiger partial charge on any atom is 0.374 e. The monoisotopic (exact) mass is 414 g/mol. The van der Waals surface area contributed by atoms with Gasteiger partial charge in [-0.2, -0.15) is 0 Å². The molecule has 0 amide bonds. The van der Waals surface area contributed by atoms with Crippen molar-refractivity contribution in [1.82, 2.24) is 0 Å². The van der Waals surface area contributed by atoms with Crippen molar-refractivity contribution >= 4 is 22.7 Å². The summed E-state index contributed by atoms with van der Waals surface area (Å²) in [6.07, 6.45) is -0.113. The Bertz CT molecular complexity index is 1220. The van der Waals surface area contributed by atoms with Gasteiger partial charge in [-0.1, -0.05) is 60.7 Å². The predicted molar refractivity (Wildman–Crippen MR) is 119 cm³/mol. The van der Waals surface area contributed by atoms with Gasteiger partial charge in [0.1, 0.15) is 17.1 Å². The van der Waals surface area contributed by atoms with Crippen molar-refractivity contribution < 1.29 is 23.5 Å². The normalized spacial score (nSPS) is 10.8. The molecule has 3 aromatic carbocycles. The molecule has 0 aliphatic rings. The third-order valence-electron chi connectivity index (χ3n) is 5.04. The van der Waals surface area contributed by atoms with Crippen LogP contribution in [0.3, 0.4) is 0 Å². The van der Waals surface area contributed by atoms with E-state index in [0.717, 1.165) is 27.8 Å². The maximum absolute atomic E-state index is 12.3. The molecule has 5 nitrogen and oxygen atoms in total. The van der Waals surface area contributed by atoms with Gasteiger partial charge in [-0.25, -0.2) is 4.79 Å². The van der Waals surface area contributed by atoms with Gasteiger partial charge in [-0.15, -0.1) is 0 Å². The van der Waals surface area contributed by atoms with Crippen molar-refractivity contribution in [3.63, 3.8) is 0 Å². The van der Waals surface area contributed by atoms with Crippen LogP contribution >= 0.6 is 0 Å². The summed E-state index contributed by atoms with van der Waals surface area (Å²) in [4.78, 5) is 24.2. The van der Waals surface area contributed by atoms with Crippen LogP contribution in [-0.2, 0) is 20.7 Å². The lowest BCUT2D eigenvalue weighted by Crippen LogP contribution is -2.19. The molecule has 0 radical (unpaired) electrons. The van der Waals surface area contributed by atoms with Crippen molar-refractivity contribution in [3.05, 3.63) is 78.4 Å². The third-order valence-corrected chi connectivity index (χ3v) is 5.04. The molecule has 0 aliphatic heterocycles. The topological polar surface area (TPSA) is 65.7 Å². The van der Waals surface area contributed by atoms with Gasteiger partial charge >= 0.3 is 5.97 Å². The Balaban J connectivity index is 1.91. The minimum absolute atomic E-state index is 0.113. The molecule has 1 aromatic heterocycles. The SMILES string of the molecule is CCOC(=O)C(=O)Cc1cc2c(-c3ccccc3)c(-c3ccccc3)oc2cc1OC. The largest absolute Gasteiger partial charge is 0.496 e. The zero-order valence-electron chi connectivity index (χ0n) is 17.4. The molecular weight excluding hydrogens is 392 g/mol. The number of carbonyl (C=O) groups excluding carboxylic acids is 2. The van der Waals surface area contributed by atoms with Gasteiger partial charge in [0.25, 0.3) is 0 Å². The number of hydrogen-bond acceptors (Lipinski definition) is 5. The fraction of sp³-hybridized carbons (Fsp3) is 0.154. The van der Waals surface area contributed by atoms with E-state index in [1.807, 2.05) is 66.7 Å². The molecule has 1 heterocycles. The van der Waals surface area contributed by atoms with Gasteiger partial charge in [0.05, 0.1) is 13.7 Å². The lowest BCUT2D eigenvalue weighted by molar-refractivity contribution is -0.153. The van der Waals surface area contributed by atoms with Crippen LogP contribution in [0.5, 0.6) is 5.75 Å². The molecule has 0 saturated heterocycles. The number of Topliss-reactive ketones (excluding diaryl/α,β-unsaturated/α-hetero) is 1. The summed E-state index contributed by atoms with van der Waals surface area (Å²) >= 11 is 0. The Kier molecular flexibility index (Phi) is 5.85. The minimum Gasteiger partial charge on any atom is -0.496 e. The van der Waals surface area contributed by atoms with E-state index in [1.54, 1.807) is 13.0 Å². The van der Waals surface area contributed by atoms with Crippen LogP contribution in [0.15, 0.2) is 77.2 Å². The number of ether oxygens (including phenoxy) is 2. The van der Waals surface area contributed by atoms with E-state index in [9.17, 15) is 9.59 Å². The van der Waals surface area contributed by atoms with Crippen LogP contribution in [0, 0.1) is 0 Å². The van der Waals surface area contributed by atoms with Crippen molar-refractivity contribution in [1.29, 1.82) is 0 Å². The molecule has 156 valence electrons. The molecule has 0 fully saturated rings. The van der Waals surface area contributed by atoms with Gasteiger partial charge in [-0.05, 0) is 18.6 Å². The number of benzene rings is 3. The first kappa shape index (κ1) is 20.4. The van der Waals surface area contributed by atoms with Crippen LogP contribution in [0.4, 0.5) is 0 Å². The second kappa shape index (κ2) is 8.88. The lowest BCUT2D eigenvalue weighted by Gasteiger charge is -2.09. The van der Waals surface area contributed by atoms with Gasteiger partial charge in [0.15, 0.2) is 0 Å². The quantitative estimate of drug-likeness (QED) is 0.297. The standard InChI is InChI=1S/C26H22O5/c1-3-30-26(28)21(27)15-19-14-20-23(16-22(19)29-2)31-25(18-12-8-5-9-13-18)24(20)17-10-6-4-7-11-17/h4-14,16H,3,15H2,1-2H3. The third kappa shape index (κ3) is 4.08. The number of methoxy groups -OCH3 is 1. The zero-order valence-corrected chi connectivity index (χ0v) is 17.4. The van der Waals surface area contributed by atoms with Gasteiger partial charge in [-0.3, -0.25) is 4.79 Å². The van der Waals surface area contributed by atoms with Gasteiger partial charge < -0.3 is 13.9 Å². The summed E-state index contributed by atoms with van der Waals surface area (Å²) in [5, 5.41) is 0.845. The maximum atomic E-state index is 12.3. The molecule has 4 rings (SSSR count). The summed E-state index contributed by atoms with van der Waals surface area (Å²) in [5.74, 6) is -0.242. The van der Waals surface area contributed by atoms with E-state index in [0.29, 0.717) is 16.9 Å². The summed E-state index contributed by atoms with van der Waals surface area (Å²) in [6, 6.07) is 23.4. The first-order chi connectivity index (χ1) is 15.1. The molecule has 0 spiro atoms. The highest BCUT2D eigenvalue weighted by Gasteiger charge is 2.23. The van der Waals surface area contributed by atoms with Crippen molar-refractivity contribution in [2.75, 3.05) is 13.7 Å². The molecule has 0 bridgehead atoms. The molecule has 0 saturated carbocycles. The second-order valence-electron chi connectivity index (χ2n) is 7.02. The average molecular weight is 414 g/mol. The Hall–Kier alpha value is -3.86. The highest BCUT2D eigenvalue weighted by atomic mass is 16.5. The zero-order chi connectivity index (χ0) is 21.8. The lowest BCUT2D eigenvalue weighted by atomic mass is 9.96. The Labute approximate surface area is 180 Å². The number of hydrogen-bond donors (Lipinski definition) is 0. The predicted octanol–water partition coefficient (Wildman–Crippen LogP) is 5.45. The Morgan fingerprint density at radius 1 is 0.903 bits per heavy atom. The summed E-state index contributed by atoms with van der Waals surface area (Å²) in [6.45, 7) is 1.82. The van der Waals surface area contributed by atoms with Crippen LogP contribution < -0.4 is 4.74 Å². The summed E-state index contributed by atoms with van der Waals surface area (Å²) in [7, 11) is 1.53. The van der Waals surface area contributed by atoms with E-state index in [2.05, 4.69) is 0 Å². The van der Waals surface area contributed by atoms with Crippen LogP contribution in [0.2, 0.25) is 0 Å². The van der Waals surface area contributed by atoms with Crippen LogP contribution in [0.25, 0.3) is 33.4 Å². The average Bonchev–Trinajstić information content (AvgIpc) is 3.18. The number of ketones is 1. The molecule has 0 atom stereocenters. The second-order valence-corrected chi connectivity index (χ2v) is 7.02. The van der Waals surface area contributed by atoms with E-state index in [1.165, 1.54) is 7.11 Å². The molecule has 0 unspecified atom stereocenters. The highest BCUT2D eigenvalue weighted by molar-refractivity contribution is 6.34. The van der Waals surface area contributed by atoms with Gasteiger partial charge in [0, 0.05) is 34.6 Å². The van der Waals surface area contributed by atoms with E-state index in [4.69, 9.17) is 13.9 Å². The number of fused-ring (bicyclic) bond motifs is 1. The van der Waals surface area contributed by atoms with E-state index in [-0.39, 0.29) is 13.0 Å². The molecule has 0 aliphatic carbocycles.